The molecule has 0 aliphatic heterocycles. The van der Waals surface area contributed by atoms with Gasteiger partial charge in [0, 0.05) is 45.1 Å². The Balaban J connectivity index is 2.46. The second kappa shape index (κ2) is 5.75. The average molecular weight is 210 g/mol. The zero-order valence-corrected chi connectivity index (χ0v) is 10.2. The van der Waals surface area contributed by atoms with E-state index in [-0.39, 0.29) is 0 Å². The molecule has 1 N–H and O–H groups in total. The predicted octanol–water partition coefficient (Wildman–Crippen LogP) is 1.24. The highest BCUT2D eigenvalue weighted by molar-refractivity contribution is 5.30. The van der Waals surface area contributed by atoms with Crippen LogP contribution in [0.1, 0.15) is 20.8 Å². The fourth-order valence-electron chi connectivity index (χ4n) is 1.55. The molecule has 0 atom stereocenters. The molecule has 0 unspecified atom stereocenters. The van der Waals surface area contributed by atoms with Crippen molar-refractivity contribution < 1.29 is 0 Å². The van der Waals surface area contributed by atoms with Crippen LogP contribution in [0.25, 0.3) is 0 Å². The van der Waals surface area contributed by atoms with Gasteiger partial charge < -0.3 is 14.8 Å². The summed E-state index contributed by atoms with van der Waals surface area (Å²) in [6.07, 6.45) is 3.82. The predicted molar refractivity (Wildman–Crippen MR) is 64.2 cm³/mol. The fraction of sp³-hybridized carbons (Fsp3) is 0.727. The van der Waals surface area contributed by atoms with E-state index in [0.717, 1.165) is 25.6 Å². The monoisotopic (exact) mass is 210 g/mol. The maximum Gasteiger partial charge on any atom is 0.205 e. The fourth-order valence-corrected chi connectivity index (χ4v) is 1.55. The van der Waals surface area contributed by atoms with Crippen molar-refractivity contribution in [2.45, 2.75) is 26.8 Å². The van der Waals surface area contributed by atoms with Crippen LogP contribution in [0, 0.1) is 0 Å². The number of nitrogens with zero attached hydrogens (tertiary/aromatic N) is 3. The molecule has 0 saturated heterocycles. The van der Waals surface area contributed by atoms with Crippen LogP contribution >= 0.6 is 0 Å². The first-order valence-corrected chi connectivity index (χ1v) is 5.60. The lowest BCUT2D eigenvalue weighted by Crippen LogP contribution is -2.36. The zero-order valence-electron chi connectivity index (χ0n) is 10.2. The number of anilines is 1. The third-order valence-corrected chi connectivity index (χ3v) is 2.39. The van der Waals surface area contributed by atoms with Gasteiger partial charge in [0.15, 0.2) is 0 Å². The number of aromatic nitrogens is 2. The van der Waals surface area contributed by atoms with E-state index in [4.69, 9.17) is 0 Å². The lowest BCUT2D eigenvalue weighted by molar-refractivity contribution is 0.578. The molecule has 86 valence electrons. The second-order valence-electron chi connectivity index (χ2n) is 4.03. The van der Waals surface area contributed by atoms with Gasteiger partial charge in [-0.05, 0) is 6.92 Å². The van der Waals surface area contributed by atoms with Gasteiger partial charge in [-0.25, -0.2) is 4.98 Å². The second-order valence-corrected chi connectivity index (χ2v) is 4.03. The molecule has 0 aromatic carbocycles. The molecular weight excluding hydrogens is 188 g/mol. The largest absolute Gasteiger partial charge is 0.341 e. The molecule has 0 aliphatic carbocycles. The van der Waals surface area contributed by atoms with Crippen LogP contribution in [0.5, 0.6) is 0 Å². The molecule has 4 nitrogen and oxygen atoms in total. The summed E-state index contributed by atoms with van der Waals surface area (Å²) in [5.74, 6) is 1.04. The molecule has 4 heteroatoms. The first kappa shape index (κ1) is 12.0. The molecule has 0 radical (unpaired) electrons. The lowest BCUT2D eigenvalue weighted by Gasteiger charge is -2.22. The van der Waals surface area contributed by atoms with Crippen LogP contribution in [0.4, 0.5) is 5.95 Å². The highest BCUT2D eigenvalue weighted by Crippen LogP contribution is 2.08. The molecular formula is C11H22N4. The Bertz CT molecular complexity index is 280. The highest BCUT2D eigenvalue weighted by Gasteiger charge is 2.08. The number of nitrogens with one attached hydrogen (secondary N) is 1. The van der Waals surface area contributed by atoms with Crippen molar-refractivity contribution in [2.24, 2.45) is 7.05 Å². The van der Waals surface area contributed by atoms with Crippen LogP contribution in [0.15, 0.2) is 12.4 Å². The van der Waals surface area contributed by atoms with Crippen molar-refractivity contribution >= 4 is 5.95 Å². The number of aryl methyl sites for hydroxylation is 1. The Hall–Kier alpha value is -1.03. The van der Waals surface area contributed by atoms with Crippen molar-refractivity contribution in [3.63, 3.8) is 0 Å². The highest BCUT2D eigenvalue weighted by atomic mass is 15.3. The molecule has 0 saturated carbocycles. The Morgan fingerprint density at radius 2 is 2.27 bits per heavy atom. The van der Waals surface area contributed by atoms with E-state index in [1.165, 1.54) is 0 Å². The molecule has 0 spiro atoms. The average Bonchev–Trinajstić information content (AvgIpc) is 2.59. The first-order valence-electron chi connectivity index (χ1n) is 5.60. The van der Waals surface area contributed by atoms with E-state index < -0.39 is 0 Å². The minimum atomic E-state index is 0.546. The third-order valence-electron chi connectivity index (χ3n) is 2.39. The molecule has 0 bridgehead atoms. The Kier molecular flexibility index (Phi) is 4.62. The summed E-state index contributed by atoms with van der Waals surface area (Å²) in [5, 5.41) is 3.41. The van der Waals surface area contributed by atoms with E-state index in [0.29, 0.717) is 6.04 Å². The summed E-state index contributed by atoms with van der Waals surface area (Å²) in [5.41, 5.74) is 0. The van der Waals surface area contributed by atoms with Crippen molar-refractivity contribution in [3.8, 4) is 0 Å². The number of hydrogen-bond acceptors (Lipinski definition) is 3. The SMILES string of the molecule is CCN(CCNC(C)C)c1nccn1C. The standard InChI is InChI=1S/C11H22N4/c1-5-15(9-7-12-10(2)3)11-13-6-8-14(11)4/h6,8,10,12H,5,7,9H2,1-4H3. The van der Waals surface area contributed by atoms with E-state index in [1.54, 1.807) is 0 Å². The smallest absolute Gasteiger partial charge is 0.205 e. The Morgan fingerprint density at radius 3 is 2.73 bits per heavy atom. The molecule has 1 rings (SSSR count). The number of imidazole rings is 1. The van der Waals surface area contributed by atoms with Crippen molar-refractivity contribution in [1.29, 1.82) is 0 Å². The van der Waals surface area contributed by atoms with Crippen LogP contribution in [0.2, 0.25) is 0 Å². The van der Waals surface area contributed by atoms with Gasteiger partial charge in [0.25, 0.3) is 0 Å². The van der Waals surface area contributed by atoms with Gasteiger partial charge in [-0.15, -0.1) is 0 Å². The summed E-state index contributed by atoms with van der Waals surface area (Å²) >= 11 is 0. The quantitative estimate of drug-likeness (QED) is 0.767. The van der Waals surface area contributed by atoms with E-state index in [2.05, 4.69) is 40.5 Å². The van der Waals surface area contributed by atoms with Gasteiger partial charge in [0.05, 0.1) is 0 Å². The number of likely N-dealkylation sites (N-methyl/N-ethyl adjacent to an activating group) is 1. The molecule has 1 heterocycles. The van der Waals surface area contributed by atoms with E-state index in [9.17, 15) is 0 Å². The van der Waals surface area contributed by atoms with Crippen LogP contribution in [-0.2, 0) is 7.05 Å². The lowest BCUT2D eigenvalue weighted by atomic mass is 10.4. The molecule has 0 aliphatic rings. The summed E-state index contributed by atoms with van der Waals surface area (Å²) in [6, 6.07) is 0.546. The van der Waals surface area contributed by atoms with Crippen LogP contribution in [-0.4, -0.2) is 35.2 Å². The molecule has 0 fully saturated rings. The Morgan fingerprint density at radius 1 is 1.53 bits per heavy atom. The first-order chi connectivity index (χ1) is 7.15. The van der Waals surface area contributed by atoms with Gasteiger partial charge in [0.1, 0.15) is 0 Å². The van der Waals surface area contributed by atoms with E-state index in [1.807, 2.05) is 19.4 Å². The van der Waals surface area contributed by atoms with Gasteiger partial charge in [0.2, 0.25) is 5.95 Å². The van der Waals surface area contributed by atoms with Gasteiger partial charge in [-0.3, -0.25) is 0 Å². The maximum absolute atomic E-state index is 4.35. The molecule has 1 aromatic rings. The molecule has 0 amide bonds. The van der Waals surface area contributed by atoms with Crippen molar-refractivity contribution in [3.05, 3.63) is 12.4 Å². The normalized spacial score (nSPS) is 11.0. The zero-order chi connectivity index (χ0) is 11.3. The van der Waals surface area contributed by atoms with Crippen molar-refractivity contribution in [1.82, 2.24) is 14.9 Å². The maximum atomic E-state index is 4.35. The number of hydrogen-bond donors (Lipinski definition) is 1. The minimum Gasteiger partial charge on any atom is -0.341 e. The summed E-state index contributed by atoms with van der Waals surface area (Å²) in [6.45, 7) is 9.47. The van der Waals surface area contributed by atoms with E-state index >= 15 is 0 Å². The summed E-state index contributed by atoms with van der Waals surface area (Å²) < 4.78 is 2.05. The van der Waals surface area contributed by atoms with Crippen molar-refractivity contribution in [2.75, 3.05) is 24.5 Å². The van der Waals surface area contributed by atoms with Gasteiger partial charge in [-0.1, -0.05) is 13.8 Å². The minimum absolute atomic E-state index is 0.546. The van der Waals surface area contributed by atoms with Gasteiger partial charge >= 0.3 is 0 Å². The summed E-state index contributed by atoms with van der Waals surface area (Å²) in [7, 11) is 2.03. The summed E-state index contributed by atoms with van der Waals surface area (Å²) in [4.78, 5) is 6.62. The topological polar surface area (TPSA) is 33.1 Å². The Labute approximate surface area is 92.3 Å². The molecule has 15 heavy (non-hydrogen) atoms. The molecule has 1 aromatic heterocycles. The number of rotatable bonds is 6. The van der Waals surface area contributed by atoms with Crippen LogP contribution in [0.3, 0.4) is 0 Å². The van der Waals surface area contributed by atoms with Gasteiger partial charge in [-0.2, -0.15) is 0 Å². The third kappa shape index (κ3) is 3.55. The van der Waals surface area contributed by atoms with Crippen LogP contribution < -0.4 is 10.2 Å².